The Morgan fingerprint density at radius 2 is 2.17 bits per heavy atom. The van der Waals surface area contributed by atoms with E-state index >= 15 is 0 Å². The molecule has 1 heterocycles. The van der Waals surface area contributed by atoms with Crippen LogP contribution in [0.2, 0.25) is 0 Å². The van der Waals surface area contributed by atoms with E-state index in [4.69, 9.17) is 0 Å². The second-order valence-corrected chi connectivity index (χ2v) is 5.20. The summed E-state index contributed by atoms with van der Waals surface area (Å²) >= 11 is 1.83. The van der Waals surface area contributed by atoms with E-state index < -0.39 is 5.60 Å². The smallest absolute Gasteiger partial charge is 0.161 e. The minimum absolute atomic E-state index is 0.0813. The topological polar surface area (TPSA) is 37.3 Å². The highest BCUT2D eigenvalue weighted by Gasteiger charge is 2.42. The summed E-state index contributed by atoms with van der Waals surface area (Å²) in [6.45, 7) is 5.49. The Morgan fingerprint density at radius 3 is 2.58 bits per heavy atom. The fourth-order valence-electron chi connectivity index (χ4n) is 1.64. The van der Waals surface area contributed by atoms with Crippen LogP contribution in [0.4, 0.5) is 0 Å². The van der Waals surface area contributed by atoms with Gasteiger partial charge in [0.25, 0.3) is 0 Å². The lowest BCUT2D eigenvalue weighted by Gasteiger charge is -2.38. The first kappa shape index (κ1) is 10.1. The maximum Gasteiger partial charge on any atom is 0.161 e. The molecule has 0 radical (unpaired) electrons. The Hall–Kier alpha value is -0.0200. The van der Waals surface area contributed by atoms with E-state index in [0.29, 0.717) is 11.7 Å². The first-order chi connectivity index (χ1) is 5.47. The number of rotatable bonds is 1. The van der Waals surface area contributed by atoms with E-state index in [0.717, 1.165) is 5.75 Å². The quantitative estimate of drug-likeness (QED) is 0.677. The molecule has 1 saturated heterocycles. The van der Waals surface area contributed by atoms with Gasteiger partial charge in [0.1, 0.15) is 5.60 Å². The molecule has 0 aliphatic carbocycles. The van der Waals surface area contributed by atoms with Crippen molar-refractivity contribution in [2.75, 3.05) is 5.75 Å². The molecular weight excluding hydrogens is 172 g/mol. The van der Waals surface area contributed by atoms with Crippen molar-refractivity contribution in [3.8, 4) is 0 Å². The van der Waals surface area contributed by atoms with Gasteiger partial charge >= 0.3 is 0 Å². The summed E-state index contributed by atoms with van der Waals surface area (Å²) in [6.07, 6.45) is 0.605. The van der Waals surface area contributed by atoms with Crippen molar-refractivity contribution in [3.63, 3.8) is 0 Å². The molecule has 0 bridgehead atoms. The highest BCUT2D eigenvalue weighted by atomic mass is 32.2. The van der Waals surface area contributed by atoms with Gasteiger partial charge < -0.3 is 5.11 Å². The molecule has 12 heavy (non-hydrogen) atoms. The van der Waals surface area contributed by atoms with Crippen molar-refractivity contribution in [1.29, 1.82) is 0 Å². The zero-order valence-electron chi connectivity index (χ0n) is 7.83. The first-order valence-corrected chi connectivity index (χ1v) is 5.36. The summed E-state index contributed by atoms with van der Waals surface area (Å²) in [5.41, 5.74) is -1.05. The largest absolute Gasteiger partial charge is 0.382 e. The molecule has 2 nitrogen and oxygen atoms in total. The van der Waals surface area contributed by atoms with Gasteiger partial charge in [-0.3, -0.25) is 4.79 Å². The Morgan fingerprint density at radius 1 is 1.58 bits per heavy atom. The normalized spacial score (nSPS) is 42.7. The zero-order valence-corrected chi connectivity index (χ0v) is 8.65. The van der Waals surface area contributed by atoms with Crippen LogP contribution in [0.1, 0.15) is 27.2 Å². The highest BCUT2D eigenvalue weighted by molar-refractivity contribution is 7.99. The number of Topliss-reactive ketones (excluding diaryl/α,β-unsaturated/α-hetero) is 1. The molecule has 3 atom stereocenters. The number of thioether (sulfide) groups is 1. The summed E-state index contributed by atoms with van der Waals surface area (Å²) < 4.78 is 0. The van der Waals surface area contributed by atoms with Gasteiger partial charge in [-0.15, -0.1) is 0 Å². The second-order valence-electron chi connectivity index (χ2n) is 3.73. The third-order valence-electron chi connectivity index (χ3n) is 2.65. The molecule has 1 N–H and O–H groups in total. The average Bonchev–Trinajstić information content (AvgIpc) is 1.97. The number of hydrogen-bond acceptors (Lipinski definition) is 3. The van der Waals surface area contributed by atoms with E-state index in [1.165, 1.54) is 6.92 Å². The lowest BCUT2D eigenvalue weighted by Crippen LogP contribution is -2.49. The van der Waals surface area contributed by atoms with Crippen LogP contribution in [0.15, 0.2) is 0 Å². The Bertz CT molecular complexity index is 193. The minimum atomic E-state index is -1.05. The monoisotopic (exact) mass is 188 g/mol. The minimum Gasteiger partial charge on any atom is -0.382 e. The zero-order chi connectivity index (χ0) is 9.35. The Kier molecular flexibility index (Phi) is 2.84. The molecule has 1 rings (SSSR count). The molecule has 0 saturated carbocycles. The van der Waals surface area contributed by atoms with Gasteiger partial charge in [-0.25, -0.2) is 0 Å². The number of hydrogen-bond donors (Lipinski definition) is 1. The van der Waals surface area contributed by atoms with Crippen LogP contribution in [0.5, 0.6) is 0 Å². The van der Waals surface area contributed by atoms with Gasteiger partial charge in [-0.1, -0.05) is 13.8 Å². The van der Waals surface area contributed by atoms with Crippen LogP contribution >= 0.6 is 11.8 Å². The maximum absolute atomic E-state index is 11.2. The summed E-state index contributed by atoms with van der Waals surface area (Å²) in [5, 5.41) is 10.4. The van der Waals surface area contributed by atoms with Gasteiger partial charge in [0.2, 0.25) is 0 Å². The van der Waals surface area contributed by atoms with Crippen molar-refractivity contribution in [2.24, 2.45) is 5.92 Å². The lowest BCUT2D eigenvalue weighted by molar-refractivity contribution is -0.140. The Labute approximate surface area is 77.7 Å². The summed E-state index contributed by atoms with van der Waals surface area (Å²) in [4.78, 5) is 11.2. The van der Waals surface area contributed by atoms with Crippen LogP contribution in [-0.4, -0.2) is 27.5 Å². The van der Waals surface area contributed by atoms with E-state index in [1.807, 2.05) is 18.7 Å². The first-order valence-electron chi connectivity index (χ1n) is 4.32. The summed E-state index contributed by atoms with van der Waals surface area (Å²) in [5.74, 6) is 0.899. The number of aliphatic hydroxyl groups is 1. The van der Waals surface area contributed by atoms with Crippen LogP contribution in [0.25, 0.3) is 0 Å². The molecule has 3 heteroatoms. The van der Waals surface area contributed by atoms with E-state index in [1.54, 1.807) is 0 Å². The fourth-order valence-corrected chi connectivity index (χ4v) is 2.90. The van der Waals surface area contributed by atoms with Crippen molar-refractivity contribution >= 4 is 17.5 Å². The molecule has 1 aliphatic rings. The SMILES string of the molecule is CC(=O)C1(O)C[C@H](C)SC[C@@H]1C. The average molecular weight is 188 g/mol. The Balaban J connectivity index is 2.77. The lowest BCUT2D eigenvalue weighted by atomic mass is 9.82. The summed E-state index contributed by atoms with van der Waals surface area (Å²) in [6, 6.07) is 0. The molecule has 0 aromatic rings. The third kappa shape index (κ3) is 1.67. The van der Waals surface area contributed by atoms with E-state index in [-0.39, 0.29) is 11.7 Å². The molecule has 0 spiro atoms. The number of carbonyl (C=O) groups excluding carboxylic acids is 1. The van der Waals surface area contributed by atoms with E-state index in [2.05, 4.69) is 6.92 Å². The summed E-state index contributed by atoms with van der Waals surface area (Å²) in [7, 11) is 0. The van der Waals surface area contributed by atoms with Gasteiger partial charge in [-0.05, 0) is 19.1 Å². The van der Waals surface area contributed by atoms with Crippen LogP contribution in [0, 0.1) is 5.92 Å². The predicted octanol–water partition coefficient (Wildman–Crippen LogP) is 1.47. The molecule has 1 fully saturated rings. The van der Waals surface area contributed by atoms with Crippen LogP contribution < -0.4 is 0 Å². The number of carbonyl (C=O) groups is 1. The fraction of sp³-hybridized carbons (Fsp3) is 0.889. The molecule has 1 unspecified atom stereocenters. The van der Waals surface area contributed by atoms with Gasteiger partial charge in [0, 0.05) is 11.2 Å². The molecular formula is C9H16O2S. The van der Waals surface area contributed by atoms with Crippen LogP contribution in [-0.2, 0) is 4.79 Å². The van der Waals surface area contributed by atoms with Crippen LogP contribution in [0.3, 0.4) is 0 Å². The van der Waals surface area contributed by atoms with Crippen molar-refractivity contribution in [1.82, 2.24) is 0 Å². The van der Waals surface area contributed by atoms with Crippen molar-refractivity contribution in [3.05, 3.63) is 0 Å². The molecule has 0 amide bonds. The number of ketones is 1. The molecule has 0 aromatic carbocycles. The predicted molar refractivity (Wildman–Crippen MR) is 51.3 cm³/mol. The molecule has 1 aliphatic heterocycles. The highest BCUT2D eigenvalue weighted by Crippen LogP contribution is 2.37. The second kappa shape index (κ2) is 3.38. The maximum atomic E-state index is 11.2. The van der Waals surface area contributed by atoms with Gasteiger partial charge in [-0.2, -0.15) is 11.8 Å². The van der Waals surface area contributed by atoms with Crippen molar-refractivity contribution in [2.45, 2.75) is 38.0 Å². The molecule has 0 aromatic heterocycles. The standard InChI is InChI=1S/C9H16O2S/c1-6-5-12-7(2)4-9(6,11)8(3)10/h6-7,11H,4-5H2,1-3H3/t6-,7-,9?/m0/s1. The van der Waals surface area contributed by atoms with E-state index in [9.17, 15) is 9.90 Å². The van der Waals surface area contributed by atoms with Gasteiger partial charge in [0.05, 0.1) is 0 Å². The molecule has 70 valence electrons. The van der Waals surface area contributed by atoms with Crippen molar-refractivity contribution < 1.29 is 9.90 Å². The third-order valence-corrected chi connectivity index (χ3v) is 4.08. The van der Waals surface area contributed by atoms with Gasteiger partial charge in [0.15, 0.2) is 5.78 Å².